The first kappa shape index (κ1) is 39.1. The van der Waals surface area contributed by atoms with Gasteiger partial charge in [-0.1, -0.05) is 0 Å². The van der Waals surface area contributed by atoms with Crippen LogP contribution in [-0.4, -0.2) is 3.21 Å². The van der Waals surface area contributed by atoms with E-state index in [2.05, 4.69) is 77.1 Å². The van der Waals surface area contributed by atoms with E-state index in [1.54, 1.807) is 0 Å². The Kier molecular flexibility index (Phi) is 11.5. The van der Waals surface area contributed by atoms with E-state index in [9.17, 15) is 26.3 Å². The van der Waals surface area contributed by atoms with Crippen LogP contribution >= 0.6 is 0 Å². The summed E-state index contributed by atoms with van der Waals surface area (Å²) in [7, 11) is 0. The van der Waals surface area contributed by atoms with Crippen molar-refractivity contribution in [1.82, 2.24) is 0 Å². The van der Waals surface area contributed by atoms with E-state index in [1.165, 1.54) is 53.1 Å². The first-order valence-electron chi connectivity index (χ1n) is 15.8. The molecular weight excluding hydrogens is 757 g/mol. The minimum atomic E-state index is -4.51. The quantitative estimate of drug-likeness (QED) is 0.221. The standard InChI is InChI=1S/C15H8F6.C13H9.C12H19.2ClH.Zr/c16-14(17,18)12-5-1-10(2-6-12)9-11-3-7-13(8-4-11)15(19,20)21;1-3-7-12-10(5-1)9-11-6-2-4-8-13(11)12;1-9(2)10-6-7-11(8-10)12(3,4)5;;;/h1-8H;1-5,7-8H,9H2;7-10H,1-5H3;2*1H;/q;;;;;+2/p-2. The van der Waals surface area contributed by atoms with Crippen LogP contribution in [0.3, 0.4) is 0 Å². The van der Waals surface area contributed by atoms with Gasteiger partial charge in [0.15, 0.2) is 0 Å². The third-order valence-corrected chi connectivity index (χ3v) is 17.0. The summed E-state index contributed by atoms with van der Waals surface area (Å²) < 4.78 is 85.7. The minimum Gasteiger partial charge on any atom is -1.00 e. The smallest absolute Gasteiger partial charge is 1.00 e. The molecule has 2 aliphatic carbocycles. The molecule has 6 rings (SSSR count). The number of halogens is 8. The van der Waals surface area contributed by atoms with Crippen molar-refractivity contribution < 1.29 is 72.4 Å². The zero-order valence-electron chi connectivity index (χ0n) is 27.7. The molecule has 0 fully saturated rings. The SMILES string of the molecule is CC(C)C1C=C(C(C)(C)C)C=[C]1[Zr+2](=[C](c1ccc(C(F)(F)F)cc1)c1ccc(C(F)(F)F)cc1)[c]1cccc2c1Cc1ccccc1-2.[Cl-].[Cl-]. The fourth-order valence-electron chi connectivity index (χ4n) is 6.79. The summed E-state index contributed by atoms with van der Waals surface area (Å²) in [6.45, 7) is 10.9. The van der Waals surface area contributed by atoms with Crippen molar-refractivity contribution in [2.45, 2.75) is 53.4 Å². The molecule has 0 spiro atoms. The largest absolute Gasteiger partial charge is 1.00 e. The second-order valence-electron chi connectivity index (χ2n) is 13.8. The van der Waals surface area contributed by atoms with E-state index in [4.69, 9.17) is 0 Å². The maximum Gasteiger partial charge on any atom is -1.00 e. The summed E-state index contributed by atoms with van der Waals surface area (Å²) in [5, 5.41) is 0. The molecule has 0 bridgehead atoms. The molecule has 0 saturated carbocycles. The maximum absolute atomic E-state index is 13.7. The van der Waals surface area contributed by atoms with Crippen LogP contribution in [0.15, 0.2) is 112 Å². The van der Waals surface area contributed by atoms with Gasteiger partial charge in [-0.2, -0.15) is 0 Å². The molecule has 4 aromatic carbocycles. The Bertz CT molecular complexity index is 1860. The van der Waals surface area contributed by atoms with Crippen molar-refractivity contribution in [2.24, 2.45) is 17.3 Å². The second-order valence-corrected chi connectivity index (χ2v) is 19.6. The van der Waals surface area contributed by atoms with E-state index in [1.807, 2.05) is 12.1 Å². The molecule has 0 N–H and O–H groups in total. The minimum absolute atomic E-state index is 0. The van der Waals surface area contributed by atoms with Crippen LogP contribution in [0, 0.1) is 17.3 Å². The number of allylic oxidation sites excluding steroid dienone is 4. The summed E-state index contributed by atoms with van der Waals surface area (Å²) in [6, 6.07) is 25.0. The molecule has 0 saturated heterocycles. The fraction of sp³-hybridized carbons (Fsp3) is 0.275. The van der Waals surface area contributed by atoms with E-state index in [-0.39, 0.29) is 42.1 Å². The Hall–Kier alpha value is -2.73. The van der Waals surface area contributed by atoms with Gasteiger partial charge in [0.1, 0.15) is 0 Å². The molecule has 2 aliphatic rings. The normalized spacial score (nSPS) is 15.3. The van der Waals surface area contributed by atoms with Crippen LogP contribution in [0.2, 0.25) is 0 Å². The van der Waals surface area contributed by atoms with E-state index < -0.39 is 44.7 Å². The fourth-order valence-corrected chi connectivity index (χ4v) is 15.7. The van der Waals surface area contributed by atoms with Crippen LogP contribution in [0.5, 0.6) is 0 Å². The molecule has 4 aromatic rings. The average molecular weight is 793 g/mol. The average Bonchev–Trinajstić information content (AvgIpc) is 3.62. The van der Waals surface area contributed by atoms with Crippen molar-refractivity contribution in [3.63, 3.8) is 0 Å². The summed E-state index contributed by atoms with van der Waals surface area (Å²) in [4.78, 5) is 0. The van der Waals surface area contributed by atoms with Gasteiger partial charge in [-0.3, -0.25) is 0 Å². The van der Waals surface area contributed by atoms with Crippen molar-refractivity contribution in [1.29, 1.82) is 0 Å². The van der Waals surface area contributed by atoms with Crippen LogP contribution in [0.25, 0.3) is 11.1 Å². The Labute approximate surface area is 304 Å². The van der Waals surface area contributed by atoms with Crippen LogP contribution in [0.4, 0.5) is 26.3 Å². The van der Waals surface area contributed by atoms with Gasteiger partial charge in [0.2, 0.25) is 0 Å². The number of fused-ring (bicyclic) bond motifs is 3. The van der Waals surface area contributed by atoms with Crippen molar-refractivity contribution in [3.8, 4) is 11.1 Å². The Morgan fingerprint density at radius 3 is 1.67 bits per heavy atom. The summed E-state index contributed by atoms with van der Waals surface area (Å²) in [5.41, 5.74) is 5.55. The molecular formula is C40H36Cl2F6Zr. The van der Waals surface area contributed by atoms with Crippen molar-refractivity contribution in [2.75, 3.05) is 0 Å². The molecule has 0 aromatic heterocycles. The van der Waals surface area contributed by atoms with Gasteiger partial charge in [0, 0.05) is 0 Å². The third-order valence-electron chi connectivity index (χ3n) is 9.27. The van der Waals surface area contributed by atoms with Gasteiger partial charge >= 0.3 is 281 Å². The number of rotatable bonds is 5. The first-order chi connectivity index (χ1) is 22.0. The van der Waals surface area contributed by atoms with E-state index >= 15 is 0 Å². The third kappa shape index (κ3) is 7.80. The predicted octanol–water partition coefficient (Wildman–Crippen LogP) is 4.96. The topological polar surface area (TPSA) is 0 Å². The van der Waals surface area contributed by atoms with Gasteiger partial charge in [-0.25, -0.2) is 0 Å². The second kappa shape index (κ2) is 14.5. The van der Waals surface area contributed by atoms with Gasteiger partial charge in [-0.15, -0.1) is 0 Å². The zero-order valence-corrected chi connectivity index (χ0v) is 31.7. The van der Waals surface area contributed by atoms with Gasteiger partial charge in [0.25, 0.3) is 0 Å². The molecule has 1 unspecified atom stereocenters. The molecule has 256 valence electrons. The molecule has 0 nitrogen and oxygen atoms in total. The van der Waals surface area contributed by atoms with Crippen LogP contribution in [0.1, 0.15) is 68.0 Å². The molecule has 9 heteroatoms. The van der Waals surface area contributed by atoms with Crippen molar-refractivity contribution >= 4 is 6.48 Å². The first-order valence-corrected chi connectivity index (χ1v) is 19.5. The van der Waals surface area contributed by atoms with Gasteiger partial charge in [0.05, 0.1) is 0 Å². The number of alkyl halides is 6. The van der Waals surface area contributed by atoms with Crippen LogP contribution < -0.4 is 28.1 Å². The maximum atomic E-state index is 13.7. The Morgan fingerprint density at radius 2 is 1.18 bits per heavy atom. The molecule has 0 aliphatic heterocycles. The zero-order chi connectivity index (χ0) is 33.9. The van der Waals surface area contributed by atoms with E-state index in [0.29, 0.717) is 11.1 Å². The summed E-state index contributed by atoms with van der Waals surface area (Å²) >= 11 is -3.45. The number of hydrogen-bond donors (Lipinski definition) is 0. The van der Waals surface area contributed by atoms with Gasteiger partial charge < -0.3 is 24.8 Å². The molecule has 0 radical (unpaired) electrons. The monoisotopic (exact) mass is 790 g/mol. The van der Waals surface area contributed by atoms with Crippen molar-refractivity contribution in [3.05, 3.63) is 145 Å². The predicted molar refractivity (Wildman–Crippen MR) is 174 cm³/mol. The molecule has 1 atom stereocenters. The van der Waals surface area contributed by atoms with Gasteiger partial charge in [-0.05, 0) is 0 Å². The summed E-state index contributed by atoms with van der Waals surface area (Å²) in [5.74, 6) is 0.337. The number of benzene rings is 4. The van der Waals surface area contributed by atoms with E-state index in [0.717, 1.165) is 39.5 Å². The molecule has 49 heavy (non-hydrogen) atoms. The Morgan fingerprint density at radius 1 is 0.673 bits per heavy atom. The van der Waals surface area contributed by atoms with Crippen LogP contribution in [-0.2, 0) is 40.0 Å². The summed E-state index contributed by atoms with van der Waals surface area (Å²) in [6.07, 6.45) is -3.63. The molecule has 0 amide bonds. The molecule has 0 heterocycles. The number of hydrogen-bond acceptors (Lipinski definition) is 0. The Balaban J connectivity index is 0.00000270.